The zero-order valence-corrected chi connectivity index (χ0v) is 18.5. The molecule has 2 rings (SSSR count). The predicted molar refractivity (Wildman–Crippen MR) is 119 cm³/mol. The number of carbonyl (C=O) groups excluding carboxylic acids is 2. The van der Waals surface area contributed by atoms with Crippen LogP contribution in [0.3, 0.4) is 0 Å². The van der Waals surface area contributed by atoms with Crippen LogP contribution in [0.1, 0.15) is 64.9 Å². The molecule has 3 atom stereocenters. The molecule has 0 saturated carbocycles. The minimum Gasteiger partial charge on any atom is -0.344 e. The van der Waals surface area contributed by atoms with Crippen molar-refractivity contribution < 1.29 is 9.59 Å². The minimum absolute atomic E-state index is 0.00122. The van der Waals surface area contributed by atoms with Crippen molar-refractivity contribution in [2.24, 2.45) is 5.92 Å². The number of amides is 2. The van der Waals surface area contributed by atoms with Crippen LogP contribution >= 0.6 is 0 Å². The van der Waals surface area contributed by atoms with Gasteiger partial charge in [0.05, 0.1) is 0 Å². The lowest BCUT2D eigenvalue weighted by Gasteiger charge is -2.30. The summed E-state index contributed by atoms with van der Waals surface area (Å²) in [5.74, 6) is 0.0436. The Kier molecular flexibility index (Phi) is 10.2. The van der Waals surface area contributed by atoms with Gasteiger partial charge in [-0.1, -0.05) is 63.9 Å². The van der Waals surface area contributed by atoms with Gasteiger partial charge in [0.2, 0.25) is 11.8 Å². The van der Waals surface area contributed by atoms with Gasteiger partial charge >= 0.3 is 0 Å². The van der Waals surface area contributed by atoms with Gasteiger partial charge in [-0.25, -0.2) is 0 Å². The van der Waals surface area contributed by atoms with Crippen LogP contribution in [0.25, 0.3) is 0 Å². The summed E-state index contributed by atoms with van der Waals surface area (Å²) in [5.41, 5.74) is 1.33. The monoisotopic (exact) mass is 401 g/mol. The van der Waals surface area contributed by atoms with E-state index >= 15 is 0 Å². The zero-order chi connectivity index (χ0) is 21.1. The van der Waals surface area contributed by atoms with Crippen LogP contribution in [0.5, 0.6) is 0 Å². The van der Waals surface area contributed by atoms with Crippen molar-refractivity contribution in [3.05, 3.63) is 35.9 Å². The molecule has 1 aliphatic rings. The van der Waals surface area contributed by atoms with Crippen molar-refractivity contribution in [3.8, 4) is 0 Å². The summed E-state index contributed by atoms with van der Waals surface area (Å²) >= 11 is 0. The van der Waals surface area contributed by atoms with E-state index in [1.54, 1.807) is 0 Å². The van der Waals surface area contributed by atoms with Gasteiger partial charge in [-0.3, -0.25) is 9.59 Å². The van der Waals surface area contributed by atoms with E-state index in [4.69, 9.17) is 0 Å². The molecule has 0 aromatic heterocycles. The lowest BCUT2D eigenvalue weighted by molar-refractivity contribution is -0.138. The molecule has 5 nitrogen and oxygen atoms in total. The summed E-state index contributed by atoms with van der Waals surface area (Å²) in [7, 11) is 0. The molecule has 1 aromatic carbocycles. The van der Waals surface area contributed by atoms with Crippen molar-refractivity contribution in [3.63, 3.8) is 0 Å². The number of benzene rings is 1. The van der Waals surface area contributed by atoms with Crippen LogP contribution in [-0.2, 0) is 16.0 Å². The fraction of sp³-hybridized carbons (Fsp3) is 0.667. The molecule has 0 aliphatic carbocycles. The van der Waals surface area contributed by atoms with E-state index in [0.29, 0.717) is 0 Å². The van der Waals surface area contributed by atoms with Gasteiger partial charge < -0.3 is 15.5 Å². The summed E-state index contributed by atoms with van der Waals surface area (Å²) in [6.07, 6.45) is 6.55. The summed E-state index contributed by atoms with van der Waals surface area (Å²) in [6.45, 7) is 8.57. The Balaban J connectivity index is 1.88. The Morgan fingerprint density at radius 1 is 1.21 bits per heavy atom. The first-order chi connectivity index (χ1) is 14.1. The molecular formula is C24H39N3O2. The van der Waals surface area contributed by atoms with E-state index in [9.17, 15) is 9.59 Å². The molecule has 29 heavy (non-hydrogen) atoms. The molecule has 162 valence electrons. The molecule has 1 fully saturated rings. The second-order valence-electron chi connectivity index (χ2n) is 8.28. The summed E-state index contributed by atoms with van der Waals surface area (Å²) in [4.78, 5) is 27.7. The topological polar surface area (TPSA) is 61.4 Å². The summed E-state index contributed by atoms with van der Waals surface area (Å²) in [6, 6.07) is 10.3. The number of carbonyl (C=O) groups is 2. The number of hydrogen-bond acceptors (Lipinski definition) is 3. The largest absolute Gasteiger partial charge is 0.344 e. The normalized spacial score (nSPS) is 18.4. The molecule has 0 unspecified atom stereocenters. The molecule has 0 radical (unpaired) electrons. The van der Waals surface area contributed by atoms with E-state index in [1.807, 2.05) is 24.8 Å². The molecule has 0 bridgehead atoms. The average Bonchev–Trinajstić information content (AvgIpc) is 3.22. The fourth-order valence-electron chi connectivity index (χ4n) is 3.85. The highest BCUT2D eigenvalue weighted by Crippen LogP contribution is 2.19. The third-order valence-corrected chi connectivity index (χ3v) is 5.99. The molecule has 1 aromatic rings. The molecule has 2 amide bonds. The van der Waals surface area contributed by atoms with Crippen LogP contribution in [-0.4, -0.2) is 48.4 Å². The van der Waals surface area contributed by atoms with Gasteiger partial charge in [-0.05, 0) is 44.2 Å². The molecule has 5 heteroatoms. The smallest absolute Gasteiger partial charge is 0.245 e. The summed E-state index contributed by atoms with van der Waals surface area (Å²) < 4.78 is 0. The molecule has 0 spiro atoms. The van der Waals surface area contributed by atoms with Gasteiger partial charge in [0.1, 0.15) is 6.04 Å². The van der Waals surface area contributed by atoms with E-state index in [-0.39, 0.29) is 29.8 Å². The van der Waals surface area contributed by atoms with E-state index in [2.05, 4.69) is 41.8 Å². The number of unbranched alkanes of at least 4 members (excludes halogenated alkanes) is 1. The number of rotatable bonds is 12. The summed E-state index contributed by atoms with van der Waals surface area (Å²) in [5, 5.41) is 6.57. The molecule has 1 heterocycles. The van der Waals surface area contributed by atoms with Crippen molar-refractivity contribution in [1.29, 1.82) is 0 Å². The van der Waals surface area contributed by atoms with Gasteiger partial charge in [-0.2, -0.15) is 0 Å². The van der Waals surface area contributed by atoms with Gasteiger partial charge in [0, 0.05) is 25.0 Å². The molecular weight excluding hydrogens is 362 g/mol. The van der Waals surface area contributed by atoms with Gasteiger partial charge in [-0.15, -0.1) is 0 Å². The van der Waals surface area contributed by atoms with Gasteiger partial charge in [0.25, 0.3) is 0 Å². The van der Waals surface area contributed by atoms with E-state index in [1.165, 1.54) is 5.56 Å². The van der Waals surface area contributed by atoms with Crippen molar-refractivity contribution in [2.75, 3.05) is 19.6 Å². The van der Waals surface area contributed by atoms with Crippen molar-refractivity contribution >= 4 is 11.8 Å². The lowest BCUT2D eigenvalue weighted by Crippen LogP contribution is -2.52. The van der Waals surface area contributed by atoms with Crippen LogP contribution in [0.4, 0.5) is 0 Å². The van der Waals surface area contributed by atoms with Crippen LogP contribution in [0, 0.1) is 5.92 Å². The highest BCUT2D eigenvalue weighted by molar-refractivity contribution is 5.88. The predicted octanol–water partition coefficient (Wildman–Crippen LogP) is 3.53. The Labute approximate surface area is 176 Å². The second-order valence-corrected chi connectivity index (χ2v) is 8.28. The minimum atomic E-state index is -0.388. The Morgan fingerprint density at radius 2 is 1.97 bits per heavy atom. The van der Waals surface area contributed by atoms with E-state index < -0.39 is 0 Å². The fourth-order valence-corrected chi connectivity index (χ4v) is 3.85. The van der Waals surface area contributed by atoms with Crippen LogP contribution in [0.15, 0.2) is 30.3 Å². The molecule has 2 N–H and O–H groups in total. The average molecular weight is 402 g/mol. The third kappa shape index (κ3) is 7.46. The highest BCUT2D eigenvalue weighted by atomic mass is 16.2. The Morgan fingerprint density at radius 3 is 2.66 bits per heavy atom. The number of nitrogens with one attached hydrogen (secondary N) is 2. The van der Waals surface area contributed by atoms with Crippen LogP contribution in [0.2, 0.25) is 0 Å². The molecule has 1 saturated heterocycles. The number of hydrogen-bond donors (Lipinski definition) is 2. The highest BCUT2D eigenvalue weighted by Gasteiger charge is 2.33. The van der Waals surface area contributed by atoms with Gasteiger partial charge in [0.15, 0.2) is 0 Å². The quantitative estimate of drug-likeness (QED) is 0.527. The first kappa shape index (κ1) is 23.4. The Hall–Kier alpha value is -1.88. The number of likely N-dealkylation sites (tertiary alicyclic amines) is 1. The molecule has 1 aliphatic heterocycles. The Bertz CT molecular complexity index is 620. The van der Waals surface area contributed by atoms with Crippen LogP contribution < -0.4 is 10.6 Å². The second kappa shape index (κ2) is 12.6. The SMILES string of the molecule is CCCC[C@H](NC(=O)[C@H](C)CC)C(=O)N1CCC[C@H]1CNCCc1ccccc1. The standard InChI is InChI=1S/C24H39N3O2/c1-4-6-14-22(26-23(28)19(3)5-2)24(29)27-17-10-13-21(27)18-25-16-15-20-11-8-7-9-12-20/h7-9,11-12,19,21-22,25H,4-6,10,13-18H2,1-3H3,(H,26,28)/t19-,21+,22+/m1/s1. The zero-order valence-electron chi connectivity index (χ0n) is 18.5. The third-order valence-electron chi connectivity index (χ3n) is 5.99. The van der Waals surface area contributed by atoms with Crippen molar-refractivity contribution in [1.82, 2.24) is 15.5 Å². The lowest BCUT2D eigenvalue weighted by atomic mass is 10.0. The maximum absolute atomic E-state index is 13.2. The number of nitrogens with zero attached hydrogens (tertiary/aromatic N) is 1. The maximum atomic E-state index is 13.2. The first-order valence-corrected chi connectivity index (χ1v) is 11.4. The van der Waals surface area contributed by atoms with E-state index in [0.717, 1.165) is 64.6 Å². The first-order valence-electron chi connectivity index (χ1n) is 11.4. The maximum Gasteiger partial charge on any atom is 0.245 e. The van der Waals surface area contributed by atoms with Crippen molar-refractivity contribution in [2.45, 2.75) is 77.8 Å².